The fourth-order valence-corrected chi connectivity index (χ4v) is 4.02. The molecule has 0 bridgehead atoms. The second kappa shape index (κ2) is 9.03. The third kappa shape index (κ3) is 4.73. The molecule has 2 aliphatic heterocycles. The molecule has 3 aromatic rings. The molecule has 2 N–H and O–H groups in total. The van der Waals surface area contributed by atoms with Crippen molar-refractivity contribution in [3.63, 3.8) is 0 Å². The highest BCUT2D eigenvalue weighted by atomic mass is 19.1. The quantitative estimate of drug-likeness (QED) is 0.535. The summed E-state index contributed by atoms with van der Waals surface area (Å²) < 4.78 is 24.3. The number of ether oxygens (including phenoxy) is 2. The Morgan fingerprint density at radius 3 is 2.94 bits per heavy atom. The number of cyclic esters (lactones) is 1. The summed E-state index contributed by atoms with van der Waals surface area (Å²) >= 11 is 0. The van der Waals surface area contributed by atoms with E-state index in [0.717, 1.165) is 30.5 Å². The minimum absolute atomic E-state index is 0.0102. The van der Waals surface area contributed by atoms with E-state index >= 15 is 0 Å². The first-order chi connectivity index (χ1) is 16.0. The standard InChI is InChI=1S/C24H23FN4O4/c25-16-5-3-15-4-6-17(27-20(15)10-16)12-26-9-1-2-19-13-29(24(31)33-19)18-7-8-22-21(11-18)28-23(30)14-32-22/h3-8,10-11,19,26H,1-2,9,12-14H2,(H,28,30)/t19-/m1/s1. The van der Waals surface area contributed by atoms with Crippen LogP contribution in [0.25, 0.3) is 10.9 Å². The highest BCUT2D eigenvalue weighted by molar-refractivity contribution is 5.97. The van der Waals surface area contributed by atoms with Gasteiger partial charge in [-0.2, -0.15) is 0 Å². The molecule has 3 heterocycles. The lowest BCUT2D eigenvalue weighted by Gasteiger charge is -2.20. The summed E-state index contributed by atoms with van der Waals surface area (Å²) in [5, 5.41) is 6.99. The van der Waals surface area contributed by atoms with E-state index in [1.165, 1.54) is 12.1 Å². The number of rotatable bonds is 7. The maximum Gasteiger partial charge on any atom is 0.414 e. The van der Waals surface area contributed by atoms with Gasteiger partial charge in [-0.25, -0.2) is 9.18 Å². The smallest absolute Gasteiger partial charge is 0.414 e. The van der Waals surface area contributed by atoms with Crippen molar-refractivity contribution in [3.05, 3.63) is 60.0 Å². The molecule has 33 heavy (non-hydrogen) atoms. The van der Waals surface area contributed by atoms with E-state index in [4.69, 9.17) is 9.47 Å². The van der Waals surface area contributed by atoms with Crippen molar-refractivity contribution in [2.45, 2.75) is 25.5 Å². The minimum atomic E-state index is -0.399. The van der Waals surface area contributed by atoms with Crippen molar-refractivity contribution in [1.82, 2.24) is 10.3 Å². The first kappa shape index (κ1) is 21.1. The Balaban J connectivity index is 1.10. The lowest BCUT2D eigenvalue weighted by Crippen LogP contribution is -2.27. The highest BCUT2D eigenvalue weighted by Crippen LogP contribution is 2.33. The monoisotopic (exact) mass is 450 g/mol. The van der Waals surface area contributed by atoms with Gasteiger partial charge in [0.05, 0.1) is 23.4 Å². The van der Waals surface area contributed by atoms with Gasteiger partial charge in [-0.1, -0.05) is 6.07 Å². The second-order valence-electron chi connectivity index (χ2n) is 8.09. The van der Waals surface area contributed by atoms with Crippen LogP contribution in [0.4, 0.5) is 20.6 Å². The number of fused-ring (bicyclic) bond motifs is 2. The molecule has 0 aliphatic carbocycles. The Bertz CT molecular complexity index is 1220. The highest BCUT2D eigenvalue weighted by Gasteiger charge is 2.32. The molecule has 2 aliphatic rings. The van der Waals surface area contributed by atoms with E-state index < -0.39 is 6.09 Å². The van der Waals surface area contributed by atoms with Crippen LogP contribution in [0.2, 0.25) is 0 Å². The van der Waals surface area contributed by atoms with E-state index in [-0.39, 0.29) is 24.4 Å². The largest absolute Gasteiger partial charge is 0.482 e. The predicted molar refractivity (Wildman–Crippen MR) is 121 cm³/mol. The molecule has 1 saturated heterocycles. The number of hydrogen-bond donors (Lipinski definition) is 2. The summed E-state index contributed by atoms with van der Waals surface area (Å²) in [5.41, 5.74) is 2.69. The van der Waals surface area contributed by atoms with Crippen LogP contribution in [-0.2, 0) is 16.1 Å². The normalized spacial score (nSPS) is 17.5. The van der Waals surface area contributed by atoms with Crippen molar-refractivity contribution >= 4 is 34.3 Å². The first-order valence-electron chi connectivity index (χ1n) is 10.9. The fourth-order valence-electron chi connectivity index (χ4n) is 4.02. The molecular weight excluding hydrogens is 427 g/mol. The molecule has 0 radical (unpaired) electrons. The molecule has 0 unspecified atom stereocenters. The van der Waals surface area contributed by atoms with Gasteiger partial charge in [0.15, 0.2) is 6.61 Å². The van der Waals surface area contributed by atoms with Gasteiger partial charge in [0, 0.05) is 23.7 Å². The third-order valence-electron chi connectivity index (χ3n) is 5.68. The summed E-state index contributed by atoms with van der Waals surface area (Å²) in [4.78, 5) is 30.0. The number of hydrogen-bond acceptors (Lipinski definition) is 6. The number of nitrogens with one attached hydrogen (secondary N) is 2. The Kier molecular flexibility index (Phi) is 5.78. The lowest BCUT2D eigenvalue weighted by molar-refractivity contribution is -0.118. The summed E-state index contributed by atoms with van der Waals surface area (Å²) in [6, 6.07) is 13.7. The molecule has 2 aromatic carbocycles. The van der Waals surface area contributed by atoms with Crippen LogP contribution in [0.5, 0.6) is 5.75 Å². The molecule has 2 amide bonds. The molecule has 5 rings (SSSR count). The van der Waals surface area contributed by atoms with Gasteiger partial charge >= 0.3 is 6.09 Å². The van der Waals surface area contributed by atoms with Crippen LogP contribution in [0.1, 0.15) is 18.5 Å². The van der Waals surface area contributed by atoms with Gasteiger partial charge in [-0.05, 0) is 55.8 Å². The van der Waals surface area contributed by atoms with Crippen molar-refractivity contribution in [3.8, 4) is 5.75 Å². The van der Waals surface area contributed by atoms with Crippen LogP contribution >= 0.6 is 0 Å². The molecule has 0 saturated carbocycles. The van der Waals surface area contributed by atoms with Gasteiger partial charge in [-0.3, -0.25) is 14.7 Å². The fraction of sp³-hybridized carbons (Fsp3) is 0.292. The molecule has 1 atom stereocenters. The summed E-state index contributed by atoms with van der Waals surface area (Å²) in [7, 11) is 0. The zero-order valence-corrected chi connectivity index (χ0v) is 17.8. The van der Waals surface area contributed by atoms with E-state index in [9.17, 15) is 14.0 Å². The maximum absolute atomic E-state index is 13.4. The number of halogens is 1. The van der Waals surface area contributed by atoms with E-state index in [1.54, 1.807) is 29.2 Å². The molecule has 170 valence electrons. The SMILES string of the molecule is O=C1COc2ccc(N3C[C@@H](CCCNCc4ccc5ccc(F)cc5n4)OC3=O)cc2N1. The molecule has 0 spiro atoms. The Hall–Kier alpha value is -3.72. The van der Waals surface area contributed by atoms with Crippen LogP contribution in [0.3, 0.4) is 0 Å². The first-order valence-corrected chi connectivity index (χ1v) is 10.9. The maximum atomic E-state index is 13.4. The average molecular weight is 450 g/mol. The number of aromatic nitrogens is 1. The topological polar surface area (TPSA) is 92.8 Å². The molecule has 1 fully saturated rings. The molecule has 9 heteroatoms. The number of benzene rings is 2. The van der Waals surface area contributed by atoms with E-state index in [1.807, 2.05) is 12.1 Å². The third-order valence-corrected chi connectivity index (χ3v) is 5.68. The summed E-state index contributed by atoms with van der Waals surface area (Å²) in [6.45, 7) is 1.75. The Morgan fingerprint density at radius 1 is 1.15 bits per heavy atom. The number of pyridine rings is 1. The minimum Gasteiger partial charge on any atom is -0.482 e. The van der Waals surface area contributed by atoms with Gasteiger partial charge in [-0.15, -0.1) is 0 Å². The van der Waals surface area contributed by atoms with E-state index in [0.29, 0.717) is 35.7 Å². The van der Waals surface area contributed by atoms with Gasteiger partial charge < -0.3 is 20.1 Å². The number of anilines is 2. The number of nitrogens with zero attached hydrogens (tertiary/aromatic N) is 2. The Labute approximate surface area is 189 Å². The van der Waals surface area contributed by atoms with E-state index in [2.05, 4.69) is 15.6 Å². The van der Waals surface area contributed by atoms with Gasteiger partial charge in [0.1, 0.15) is 17.7 Å². The average Bonchev–Trinajstić information content (AvgIpc) is 3.18. The summed E-state index contributed by atoms with van der Waals surface area (Å²) in [5.74, 6) is 0.0633. The van der Waals surface area contributed by atoms with Crippen LogP contribution < -0.4 is 20.3 Å². The molecular formula is C24H23FN4O4. The number of amides is 2. The molecule has 8 nitrogen and oxygen atoms in total. The van der Waals surface area contributed by atoms with Crippen molar-refractivity contribution in [2.24, 2.45) is 0 Å². The van der Waals surface area contributed by atoms with Crippen molar-refractivity contribution in [1.29, 1.82) is 0 Å². The van der Waals surface area contributed by atoms with Crippen LogP contribution in [0, 0.1) is 5.82 Å². The van der Waals surface area contributed by atoms with Gasteiger partial charge in [0.25, 0.3) is 5.91 Å². The second-order valence-corrected chi connectivity index (χ2v) is 8.09. The molecule has 1 aromatic heterocycles. The zero-order chi connectivity index (χ0) is 22.8. The zero-order valence-electron chi connectivity index (χ0n) is 17.8. The van der Waals surface area contributed by atoms with Crippen molar-refractivity contribution < 1.29 is 23.5 Å². The number of carbonyl (C=O) groups is 2. The summed E-state index contributed by atoms with van der Waals surface area (Å²) in [6.07, 6.45) is 0.935. The van der Waals surface area contributed by atoms with Gasteiger partial charge in [0.2, 0.25) is 0 Å². The Morgan fingerprint density at radius 2 is 2.03 bits per heavy atom. The predicted octanol–water partition coefficient (Wildman–Crippen LogP) is 3.60. The lowest BCUT2D eigenvalue weighted by atomic mass is 10.1. The van der Waals surface area contributed by atoms with Crippen LogP contribution in [-0.4, -0.2) is 42.8 Å². The van der Waals surface area contributed by atoms with Crippen LogP contribution in [0.15, 0.2) is 48.5 Å². The van der Waals surface area contributed by atoms with Crippen molar-refractivity contribution in [2.75, 3.05) is 29.9 Å². The number of carbonyl (C=O) groups excluding carboxylic acids is 2.